The molecule has 1 aromatic rings. The Morgan fingerprint density at radius 2 is 1.76 bits per heavy atom. The Kier molecular flexibility index (Phi) is 5.65. The van der Waals surface area contributed by atoms with Gasteiger partial charge >= 0.3 is 0 Å². The molecule has 1 aromatic carbocycles. The van der Waals surface area contributed by atoms with Crippen molar-refractivity contribution in [3.05, 3.63) is 35.9 Å². The van der Waals surface area contributed by atoms with Gasteiger partial charge in [-0.05, 0) is 5.56 Å². The summed E-state index contributed by atoms with van der Waals surface area (Å²) in [7, 11) is 0. The Labute approximate surface area is 122 Å². The number of nitrogens with two attached hydrogens (primary N) is 1. The van der Waals surface area contributed by atoms with Crippen LogP contribution in [0.4, 0.5) is 0 Å². The fourth-order valence-corrected chi connectivity index (χ4v) is 2.28. The average molecular weight is 299 g/mol. The molecule has 21 heavy (non-hydrogen) atoms. The van der Waals surface area contributed by atoms with Crippen LogP contribution in [0.3, 0.4) is 0 Å². The van der Waals surface area contributed by atoms with Crippen molar-refractivity contribution in [2.75, 3.05) is 13.2 Å². The molecular weight excluding hydrogens is 278 g/mol. The lowest BCUT2D eigenvalue weighted by Gasteiger charge is -2.40. The second-order valence-corrected chi connectivity index (χ2v) is 4.97. The molecule has 1 aliphatic rings. The van der Waals surface area contributed by atoms with E-state index in [1.807, 2.05) is 30.3 Å². The molecule has 1 fully saturated rings. The van der Waals surface area contributed by atoms with E-state index in [1.165, 1.54) is 0 Å². The number of hydrogen-bond donors (Lipinski definition) is 5. The zero-order valence-electron chi connectivity index (χ0n) is 11.4. The summed E-state index contributed by atoms with van der Waals surface area (Å²) in [6, 6.07) is 9.15. The van der Waals surface area contributed by atoms with Gasteiger partial charge in [-0.2, -0.15) is 0 Å². The molecule has 118 valence electrons. The smallest absolute Gasteiger partial charge is 0.187 e. The molecule has 7 heteroatoms. The van der Waals surface area contributed by atoms with E-state index in [-0.39, 0.29) is 6.54 Å². The van der Waals surface area contributed by atoms with Gasteiger partial charge in [-0.25, -0.2) is 0 Å². The van der Waals surface area contributed by atoms with E-state index in [9.17, 15) is 15.3 Å². The first-order chi connectivity index (χ1) is 10.1. The van der Waals surface area contributed by atoms with Crippen LogP contribution in [0.25, 0.3) is 0 Å². The lowest BCUT2D eigenvalue weighted by Crippen LogP contribution is -2.59. The van der Waals surface area contributed by atoms with Crippen molar-refractivity contribution in [1.82, 2.24) is 0 Å². The third kappa shape index (κ3) is 3.58. The van der Waals surface area contributed by atoms with Crippen LogP contribution in [0.1, 0.15) is 11.7 Å². The van der Waals surface area contributed by atoms with E-state index in [2.05, 4.69) is 0 Å². The molecule has 0 saturated carbocycles. The Morgan fingerprint density at radius 3 is 2.33 bits per heavy atom. The predicted molar refractivity (Wildman–Crippen MR) is 73.1 cm³/mol. The standard InChI is InChI=1S/C14H21NO6/c15-6-9(8-4-2-1-3-5-8)20-14-13(19)12(18)11(17)10(7-16)21-14/h1-5,9-14,16-19H,6-7,15H2/t9-,10-,11-,12+,13+,14+/m1/s1. The van der Waals surface area contributed by atoms with Crippen LogP contribution in [0.2, 0.25) is 0 Å². The first-order valence-corrected chi connectivity index (χ1v) is 6.79. The Balaban J connectivity index is 2.09. The summed E-state index contributed by atoms with van der Waals surface area (Å²) < 4.78 is 10.9. The minimum Gasteiger partial charge on any atom is -0.394 e. The number of aliphatic hydroxyl groups is 4. The summed E-state index contributed by atoms with van der Waals surface area (Å²) in [6.07, 6.45) is -7.02. The van der Waals surface area contributed by atoms with Crippen molar-refractivity contribution in [2.24, 2.45) is 5.73 Å². The molecule has 0 amide bonds. The summed E-state index contributed by atoms with van der Waals surface area (Å²) in [5.74, 6) is 0. The molecule has 1 aliphatic heterocycles. The van der Waals surface area contributed by atoms with Crippen LogP contribution in [-0.4, -0.2) is 64.3 Å². The fraction of sp³-hybridized carbons (Fsp3) is 0.571. The molecule has 6 atom stereocenters. The molecule has 0 aliphatic carbocycles. The maximum atomic E-state index is 9.93. The average Bonchev–Trinajstić information content (AvgIpc) is 2.53. The van der Waals surface area contributed by atoms with Crippen molar-refractivity contribution in [3.8, 4) is 0 Å². The van der Waals surface area contributed by atoms with Crippen molar-refractivity contribution in [2.45, 2.75) is 36.8 Å². The zero-order chi connectivity index (χ0) is 15.4. The van der Waals surface area contributed by atoms with Crippen LogP contribution in [0.5, 0.6) is 0 Å². The third-order valence-corrected chi connectivity index (χ3v) is 3.53. The van der Waals surface area contributed by atoms with Crippen molar-refractivity contribution in [1.29, 1.82) is 0 Å². The SMILES string of the molecule is NC[C@@H](O[C@H]1O[C@H](CO)[C@@H](O)[C@H](O)[C@@H]1O)c1ccccc1. The highest BCUT2D eigenvalue weighted by molar-refractivity contribution is 5.17. The quantitative estimate of drug-likeness (QED) is 0.448. The monoisotopic (exact) mass is 299 g/mol. The van der Waals surface area contributed by atoms with Crippen molar-refractivity contribution in [3.63, 3.8) is 0 Å². The lowest BCUT2D eigenvalue weighted by atomic mass is 9.99. The van der Waals surface area contributed by atoms with Crippen LogP contribution in [0, 0.1) is 0 Å². The van der Waals surface area contributed by atoms with Gasteiger partial charge in [-0.15, -0.1) is 0 Å². The highest BCUT2D eigenvalue weighted by atomic mass is 16.7. The highest BCUT2D eigenvalue weighted by Gasteiger charge is 2.44. The van der Waals surface area contributed by atoms with E-state index in [1.54, 1.807) is 0 Å². The maximum absolute atomic E-state index is 9.93. The first-order valence-electron chi connectivity index (χ1n) is 6.79. The molecule has 2 rings (SSSR count). The van der Waals surface area contributed by atoms with Crippen LogP contribution < -0.4 is 5.73 Å². The second kappa shape index (κ2) is 7.28. The predicted octanol–water partition coefficient (Wildman–Crippen LogP) is -1.50. The van der Waals surface area contributed by atoms with E-state index < -0.39 is 43.4 Å². The molecule has 1 heterocycles. The first kappa shape index (κ1) is 16.3. The van der Waals surface area contributed by atoms with Gasteiger partial charge in [-0.3, -0.25) is 0 Å². The lowest BCUT2D eigenvalue weighted by molar-refractivity contribution is -0.311. The van der Waals surface area contributed by atoms with Crippen molar-refractivity contribution >= 4 is 0 Å². The normalized spacial score (nSPS) is 34.6. The molecule has 0 unspecified atom stereocenters. The summed E-state index contributed by atoms with van der Waals surface area (Å²) in [5, 5.41) is 38.5. The van der Waals surface area contributed by atoms with Crippen LogP contribution in [-0.2, 0) is 9.47 Å². The minimum absolute atomic E-state index is 0.152. The molecule has 0 bridgehead atoms. The van der Waals surface area contributed by atoms with Gasteiger partial charge in [-0.1, -0.05) is 30.3 Å². The number of aliphatic hydroxyl groups excluding tert-OH is 4. The maximum Gasteiger partial charge on any atom is 0.187 e. The zero-order valence-corrected chi connectivity index (χ0v) is 11.4. The van der Waals surface area contributed by atoms with E-state index in [4.69, 9.17) is 20.3 Å². The number of ether oxygens (including phenoxy) is 2. The van der Waals surface area contributed by atoms with Gasteiger partial charge in [0.25, 0.3) is 0 Å². The highest BCUT2D eigenvalue weighted by Crippen LogP contribution is 2.26. The van der Waals surface area contributed by atoms with Crippen molar-refractivity contribution < 1.29 is 29.9 Å². The Morgan fingerprint density at radius 1 is 1.10 bits per heavy atom. The number of benzene rings is 1. The van der Waals surface area contributed by atoms with Gasteiger partial charge < -0.3 is 35.6 Å². The van der Waals surface area contributed by atoms with Crippen LogP contribution >= 0.6 is 0 Å². The largest absolute Gasteiger partial charge is 0.394 e. The topological polar surface area (TPSA) is 125 Å². The van der Waals surface area contributed by atoms with Crippen LogP contribution in [0.15, 0.2) is 30.3 Å². The summed E-state index contributed by atoms with van der Waals surface area (Å²) in [6.45, 7) is -0.345. The molecule has 0 aromatic heterocycles. The number of rotatable bonds is 5. The minimum atomic E-state index is -1.46. The third-order valence-electron chi connectivity index (χ3n) is 3.53. The fourth-order valence-electron chi connectivity index (χ4n) is 2.28. The molecule has 1 saturated heterocycles. The second-order valence-electron chi connectivity index (χ2n) is 4.97. The summed E-state index contributed by atoms with van der Waals surface area (Å²) in [5.41, 5.74) is 6.48. The molecule has 0 spiro atoms. The Hall–Kier alpha value is -1.06. The van der Waals surface area contributed by atoms with Gasteiger partial charge in [0.1, 0.15) is 24.4 Å². The van der Waals surface area contributed by atoms with Gasteiger partial charge in [0.05, 0.1) is 12.7 Å². The summed E-state index contributed by atoms with van der Waals surface area (Å²) in [4.78, 5) is 0. The molecule has 7 nitrogen and oxygen atoms in total. The molecular formula is C14H21NO6. The summed E-state index contributed by atoms with van der Waals surface area (Å²) >= 11 is 0. The van der Waals surface area contributed by atoms with E-state index in [0.29, 0.717) is 0 Å². The molecule has 0 radical (unpaired) electrons. The molecule has 6 N–H and O–H groups in total. The number of hydrogen-bond acceptors (Lipinski definition) is 7. The van der Waals surface area contributed by atoms with E-state index in [0.717, 1.165) is 5.56 Å². The van der Waals surface area contributed by atoms with Gasteiger partial charge in [0.15, 0.2) is 6.29 Å². The van der Waals surface area contributed by atoms with Gasteiger partial charge in [0.2, 0.25) is 0 Å². The Bertz CT molecular complexity index is 429. The van der Waals surface area contributed by atoms with E-state index >= 15 is 0 Å². The van der Waals surface area contributed by atoms with Gasteiger partial charge in [0, 0.05) is 6.54 Å².